The molecule has 0 aliphatic heterocycles. The molecule has 5 nitrogen and oxygen atoms in total. The zero-order chi connectivity index (χ0) is 13.4. The van der Waals surface area contributed by atoms with Crippen molar-refractivity contribution in [1.82, 2.24) is 10.2 Å². The van der Waals surface area contributed by atoms with Crippen LogP contribution in [0.4, 0.5) is 0 Å². The highest BCUT2D eigenvalue weighted by atomic mass is 35.5. The molecule has 0 atom stereocenters. The van der Waals surface area contributed by atoms with E-state index in [-0.39, 0.29) is 31.4 Å². The average Bonchev–Trinajstić information content (AvgIpc) is 2.84. The number of nitrogens with one attached hydrogen (secondary N) is 1. The zero-order valence-corrected chi connectivity index (χ0v) is 12.4. The van der Waals surface area contributed by atoms with Crippen molar-refractivity contribution in [2.75, 3.05) is 26.2 Å². The lowest BCUT2D eigenvalue weighted by atomic mass is 10.3. The summed E-state index contributed by atoms with van der Waals surface area (Å²) >= 11 is 1.70. The summed E-state index contributed by atoms with van der Waals surface area (Å²) in [4.78, 5) is 25.1. The Morgan fingerprint density at radius 3 is 2.74 bits per heavy atom. The van der Waals surface area contributed by atoms with Crippen molar-refractivity contribution >= 4 is 35.6 Å². The third-order valence-electron chi connectivity index (χ3n) is 2.51. The van der Waals surface area contributed by atoms with Gasteiger partial charge < -0.3 is 10.4 Å². The van der Waals surface area contributed by atoms with Gasteiger partial charge >= 0.3 is 5.97 Å². The number of likely N-dealkylation sites (N-methyl/N-ethyl adjacent to an activating group) is 1. The number of carboxylic acid groups (broad SMARTS) is 1. The highest BCUT2D eigenvalue weighted by molar-refractivity contribution is 7.09. The molecule has 0 aliphatic carbocycles. The number of hydrogen-bond donors (Lipinski definition) is 2. The number of aliphatic carboxylic acids is 1. The first-order valence-corrected chi connectivity index (χ1v) is 6.73. The van der Waals surface area contributed by atoms with Crippen LogP contribution in [0.5, 0.6) is 0 Å². The van der Waals surface area contributed by atoms with E-state index in [9.17, 15) is 9.59 Å². The summed E-state index contributed by atoms with van der Waals surface area (Å²) in [5, 5.41) is 12.9. The number of carbonyl (C=O) groups is 2. The van der Waals surface area contributed by atoms with Crippen molar-refractivity contribution in [1.29, 1.82) is 0 Å². The van der Waals surface area contributed by atoms with Gasteiger partial charge in [-0.2, -0.15) is 0 Å². The Morgan fingerprint density at radius 1 is 1.47 bits per heavy atom. The number of nitrogens with zero attached hydrogens (tertiary/aromatic N) is 1. The van der Waals surface area contributed by atoms with E-state index in [4.69, 9.17) is 5.11 Å². The standard InChI is InChI=1S/C12H18N2O3S.ClH/c1-2-14(6-5-10-4-3-7-18-10)9-11(15)13-8-12(16)17;/h3-4,7H,2,5-6,8-9H2,1H3,(H,13,15)(H,16,17);1H. The topological polar surface area (TPSA) is 69.6 Å². The SMILES string of the molecule is CCN(CCc1cccs1)CC(=O)NCC(=O)O.Cl. The lowest BCUT2D eigenvalue weighted by molar-refractivity contribution is -0.138. The van der Waals surface area contributed by atoms with Gasteiger partial charge in [0.2, 0.25) is 5.91 Å². The molecule has 1 rings (SSSR count). The van der Waals surface area contributed by atoms with Gasteiger partial charge in [-0.05, 0) is 24.4 Å². The molecule has 2 N–H and O–H groups in total. The molecule has 1 aromatic heterocycles. The Labute approximate surface area is 123 Å². The number of hydrogen-bond acceptors (Lipinski definition) is 4. The Balaban J connectivity index is 0.00000324. The summed E-state index contributed by atoms with van der Waals surface area (Å²) in [7, 11) is 0. The Bertz CT molecular complexity index is 384. The van der Waals surface area contributed by atoms with Gasteiger partial charge in [0.05, 0.1) is 6.54 Å². The van der Waals surface area contributed by atoms with E-state index in [1.165, 1.54) is 4.88 Å². The number of thiophene rings is 1. The number of amides is 1. The van der Waals surface area contributed by atoms with Crippen LogP contribution in [-0.2, 0) is 16.0 Å². The van der Waals surface area contributed by atoms with Gasteiger partial charge in [0.1, 0.15) is 6.54 Å². The highest BCUT2D eigenvalue weighted by Gasteiger charge is 2.10. The Morgan fingerprint density at radius 2 is 2.21 bits per heavy atom. The molecule has 19 heavy (non-hydrogen) atoms. The maximum atomic E-state index is 11.5. The van der Waals surface area contributed by atoms with Gasteiger partial charge in [0.25, 0.3) is 0 Å². The fraction of sp³-hybridized carbons (Fsp3) is 0.500. The molecule has 1 amide bonds. The molecule has 108 valence electrons. The van der Waals surface area contributed by atoms with E-state index < -0.39 is 5.97 Å². The summed E-state index contributed by atoms with van der Waals surface area (Å²) in [5.74, 6) is -1.27. The van der Waals surface area contributed by atoms with E-state index >= 15 is 0 Å². The summed E-state index contributed by atoms with van der Waals surface area (Å²) < 4.78 is 0. The van der Waals surface area contributed by atoms with Crippen LogP contribution in [-0.4, -0.2) is 48.1 Å². The Hall–Kier alpha value is -1.11. The summed E-state index contributed by atoms with van der Waals surface area (Å²) in [6.45, 7) is 3.48. The van der Waals surface area contributed by atoms with Crippen LogP contribution < -0.4 is 5.32 Å². The van der Waals surface area contributed by atoms with Crippen molar-refractivity contribution in [2.45, 2.75) is 13.3 Å². The van der Waals surface area contributed by atoms with Crippen LogP contribution in [0.25, 0.3) is 0 Å². The second-order valence-electron chi connectivity index (χ2n) is 3.87. The minimum absolute atomic E-state index is 0. The third kappa shape index (κ3) is 7.81. The van der Waals surface area contributed by atoms with Crippen LogP contribution in [0.3, 0.4) is 0 Å². The van der Waals surface area contributed by atoms with Gasteiger partial charge in [-0.15, -0.1) is 23.7 Å². The molecule has 0 aromatic carbocycles. The average molecular weight is 307 g/mol. The number of rotatable bonds is 8. The van der Waals surface area contributed by atoms with Crippen LogP contribution in [0, 0.1) is 0 Å². The van der Waals surface area contributed by atoms with Gasteiger partial charge in [-0.3, -0.25) is 14.5 Å². The monoisotopic (exact) mass is 306 g/mol. The van der Waals surface area contributed by atoms with Gasteiger partial charge in [-0.1, -0.05) is 13.0 Å². The largest absolute Gasteiger partial charge is 0.480 e. The number of carboxylic acids is 1. The van der Waals surface area contributed by atoms with E-state index in [2.05, 4.69) is 11.4 Å². The van der Waals surface area contributed by atoms with Crippen molar-refractivity contribution in [3.8, 4) is 0 Å². The molecular weight excluding hydrogens is 288 g/mol. The maximum absolute atomic E-state index is 11.5. The molecular formula is C12H19ClN2O3S. The third-order valence-corrected chi connectivity index (χ3v) is 3.44. The molecule has 0 saturated heterocycles. The first-order valence-electron chi connectivity index (χ1n) is 5.85. The lowest BCUT2D eigenvalue weighted by Gasteiger charge is -2.19. The van der Waals surface area contributed by atoms with Crippen LogP contribution in [0.1, 0.15) is 11.8 Å². The second kappa shape index (κ2) is 9.77. The molecule has 0 saturated carbocycles. The molecule has 0 spiro atoms. The predicted molar refractivity (Wildman–Crippen MR) is 78.0 cm³/mol. The lowest BCUT2D eigenvalue weighted by Crippen LogP contribution is -2.39. The molecule has 0 unspecified atom stereocenters. The van der Waals surface area contributed by atoms with E-state index in [1.807, 2.05) is 23.3 Å². The van der Waals surface area contributed by atoms with Crippen molar-refractivity contribution in [3.63, 3.8) is 0 Å². The molecule has 0 fully saturated rings. The van der Waals surface area contributed by atoms with Gasteiger partial charge in [0, 0.05) is 11.4 Å². The first-order chi connectivity index (χ1) is 8.61. The number of halogens is 1. The highest BCUT2D eigenvalue weighted by Crippen LogP contribution is 2.09. The normalized spacial score (nSPS) is 10.0. The number of carbonyl (C=O) groups excluding carboxylic acids is 1. The van der Waals surface area contributed by atoms with E-state index in [0.29, 0.717) is 0 Å². The fourth-order valence-corrected chi connectivity index (χ4v) is 2.20. The zero-order valence-electron chi connectivity index (χ0n) is 10.8. The minimum Gasteiger partial charge on any atom is -0.480 e. The molecule has 0 bridgehead atoms. The van der Waals surface area contributed by atoms with Crippen LogP contribution >= 0.6 is 23.7 Å². The van der Waals surface area contributed by atoms with Gasteiger partial charge in [-0.25, -0.2) is 0 Å². The summed E-state index contributed by atoms with van der Waals surface area (Å²) in [6.07, 6.45) is 0.914. The summed E-state index contributed by atoms with van der Waals surface area (Å²) in [6, 6.07) is 4.08. The van der Waals surface area contributed by atoms with Gasteiger partial charge in [0.15, 0.2) is 0 Å². The quantitative estimate of drug-likeness (QED) is 0.758. The summed E-state index contributed by atoms with van der Waals surface area (Å²) in [5.41, 5.74) is 0. The van der Waals surface area contributed by atoms with Crippen molar-refractivity contribution < 1.29 is 14.7 Å². The molecule has 0 aliphatic rings. The molecule has 0 radical (unpaired) electrons. The molecule has 1 heterocycles. The van der Waals surface area contributed by atoms with Crippen LogP contribution in [0.2, 0.25) is 0 Å². The maximum Gasteiger partial charge on any atom is 0.322 e. The van der Waals surface area contributed by atoms with Crippen LogP contribution in [0.15, 0.2) is 17.5 Å². The smallest absolute Gasteiger partial charge is 0.322 e. The first kappa shape index (κ1) is 17.9. The van der Waals surface area contributed by atoms with E-state index in [1.54, 1.807) is 11.3 Å². The predicted octanol–water partition coefficient (Wildman–Crippen LogP) is 1.24. The molecule has 1 aromatic rings. The second-order valence-corrected chi connectivity index (χ2v) is 4.90. The Kier molecular flexibility index (Phi) is 9.20. The van der Waals surface area contributed by atoms with Crippen molar-refractivity contribution in [3.05, 3.63) is 22.4 Å². The van der Waals surface area contributed by atoms with Crippen molar-refractivity contribution in [2.24, 2.45) is 0 Å². The fourth-order valence-electron chi connectivity index (χ4n) is 1.51. The van der Waals surface area contributed by atoms with E-state index in [0.717, 1.165) is 19.5 Å². The minimum atomic E-state index is -1.02. The molecule has 7 heteroatoms.